The van der Waals surface area contributed by atoms with Crippen molar-refractivity contribution in [3.8, 4) is 0 Å². The number of hydrogen-bond donors (Lipinski definition) is 1. The van der Waals surface area contributed by atoms with E-state index >= 15 is 0 Å². The van der Waals surface area contributed by atoms with Crippen LogP contribution in [0.2, 0.25) is 0 Å². The topological polar surface area (TPSA) is 29.9 Å². The van der Waals surface area contributed by atoms with E-state index in [2.05, 4.69) is 34.7 Å². The third-order valence-electron chi connectivity index (χ3n) is 2.78. The zero-order valence-corrected chi connectivity index (χ0v) is 9.13. The molecule has 1 heterocycles. The summed E-state index contributed by atoms with van der Waals surface area (Å²) in [6, 6.07) is 11.2. The Morgan fingerprint density at radius 1 is 1.31 bits per heavy atom. The molecule has 0 saturated heterocycles. The van der Waals surface area contributed by atoms with E-state index in [1.165, 1.54) is 24.1 Å². The van der Waals surface area contributed by atoms with E-state index < -0.39 is 0 Å². The van der Waals surface area contributed by atoms with Gasteiger partial charge in [0.05, 0.1) is 6.54 Å². The molecule has 3 rings (SSSR count). The molecule has 0 bridgehead atoms. The van der Waals surface area contributed by atoms with Gasteiger partial charge in [-0.25, -0.2) is 0 Å². The van der Waals surface area contributed by atoms with Gasteiger partial charge in [0.2, 0.25) is 0 Å². The molecule has 0 spiro atoms. The minimum Gasteiger partial charge on any atom is -0.382 e. The Labute approximate surface area is 95.1 Å². The molecule has 0 unspecified atom stereocenters. The van der Waals surface area contributed by atoms with Gasteiger partial charge in [0.1, 0.15) is 0 Å². The fourth-order valence-electron chi connectivity index (χ4n) is 1.80. The Morgan fingerprint density at radius 3 is 3.00 bits per heavy atom. The molecule has 0 radical (unpaired) electrons. The molecule has 0 amide bonds. The Hall–Kier alpha value is -1.77. The smallest absolute Gasteiger partial charge is 0.0660 e. The van der Waals surface area contributed by atoms with Crippen LogP contribution in [0.25, 0.3) is 0 Å². The summed E-state index contributed by atoms with van der Waals surface area (Å²) in [5.41, 5.74) is 2.52. The first-order chi connectivity index (χ1) is 7.90. The molecule has 3 heteroatoms. The maximum atomic E-state index is 4.21. The molecule has 1 aliphatic rings. The zero-order chi connectivity index (χ0) is 10.8. The summed E-state index contributed by atoms with van der Waals surface area (Å²) in [6.45, 7) is 0.840. The van der Waals surface area contributed by atoms with Gasteiger partial charge < -0.3 is 5.32 Å². The summed E-state index contributed by atoms with van der Waals surface area (Å²) < 4.78 is 1.94. The van der Waals surface area contributed by atoms with Crippen LogP contribution >= 0.6 is 0 Å². The Morgan fingerprint density at radius 2 is 2.25 bits per heavy atom. The summed E-state index contributed by atoms with van der Waals surface area (Å²) in [7, 11) is 0. The third-order valence-corrected chi connectivity index (χ3v) is 2.78. The fourth-order valence-corrected chi connectivity index (χ4v) is 1.80. The number of nitrogens with one attached hydrogen (secondary N) is 1. The predicted molar refractivity (Wildman–Crippen MR) is 64.4 cm³/mol. The van der Waals surface area contributed by atoms with E-state index in [0.717, 1.165) is 6.54 Å². The van der Waals surface area contributed by atoms with Gasteiger partial charge in [-0.1, -0.05) is 12.1 Å². The third kappa shape index (κ3) is 2.24. The summed E-state index contributed by atoms with van der Waals surface area (Å²) in [5.74, 6) is 0. The molecule has 1 aromatic heterocycles. The monoisotopic (exact) mass is 213 g/mol. The molecule has 1 aliphatic carbocycles. The summed E-state index contributed by atoms with van der Waals surface area (Å²) in [6.07, 6.45) is 6.42. The first kappa shape index (κ1) is 9.46. The van der Waals surface area contributed by atoms with Crippen LogP contribution in [-0.4, -0.2) is 15.8 Å². The summed E-state index contributed by atoms with van der Waals surface area (Å²) in [4.78, 5) is 0. The van der Waals surface area contributed by atoms with Gasteiger partial charge in [-0.15, -0.1) is 0 Å². The Bertz CT molecular complexity index is 458. The van der Waals surface area contributed by atoms with Crippen molar-refractivity contribution < 1.29 is 0 Å². The van der Waals surface area contributed by atoms with E-state index in [-0.39, 0.29) is 0 Å². The predicted octanol–water partition coefficient (Wildman–Crippen LogP) is 2.51. The number of nitrogens with zero attached hydrogens (tertiary/aromatic N) is 2. The molecular formula is C13H15N3. The number of anilines is 1. The van der Waals surface area contributed by atoms with Gasteiger partial charge in [-0.05, 0) is 36.6 Å². The number of rotatable bonds is 4. The second-order valence-electron chi connectivity index (χ2n) is 4.32. The molecule has 1 aromatic carbocycles. The van der Waals surface area contributed by atoms with Crippen molar-refractivity contribution in [3.05, 3.63) is 48.3 Å². The van der Waals surface area contributed by atoms with E-state index in [1.807, 2.05) is 23.1 Å². The Kier molecular flexibility index (Phi) is 2.37. The van der Waals surface area contributed by atoms with Crippen LogP contribution in [-0.2, 0) is 6.54 Å². The van der Waals surface area contributed by atoms with Crippen LogP contribution in [0, 0.1) is 0 Å². The number of hydrogen-bond acceptors (Lipinski definition) is 2. The van der Waals surface area contributed by atoms with Crippen LogP contribution in [0.5, 0.6) is 0 Å². The van der Waals surface area contributed by atoms with E-state index in [4.69, 9.17) is 0 Å². The lowest BCUT2D eigenvalue weighted by Gasteiger charge is -2.07. The lowest BCUT2D eigenvalue weighted by atomic mass is 10.2. The quantitative estimate of drug-likeness (QED) is 0.845. The molecule has 0 atom stereocenters. The highest BCUT2D eigenvalue weighted by molar-refractivity contribution is 5.47. The van der Waals surface area contributed by atoms with Crippen LogP contribution in [0.1, 0.15) is 18.4 Å². The second-order valence-corrected chi connectivity index (χ2v) is 4.32. The molecule has 0 aliphatic heterocycles. The van der Waals surface area contributed by atoms with Crippen LogP contribution in [0.3, 0.4) is 0 Å². The van der Waals surface area contributed by atoms with Crippen molar-refractivity contribution in [2.75, 3.05) is 5.32 Å². The highest BCUT2D eigenvalue weighted by atomic mass is 15.3. The average molecular weight is 213 g/mol. The van der Waals surface area contributed by atoms with Gasteiger partial charge in [-0.2, -0.15) is 5.10 Å². The molecule has 82 valence electrons. The summed E-state index contributed by atoms with van der Waals surface area (Å²) >= 11 is 0. The van der Waals surface area contributed by atoms with Crippen molar-refractivity contribution in [3.63, 3.8) is 0 Å². The van der Waals surface area contributed by atoms with Gasteiger partial charge >= 0.3 is 0 Å². The van der Waals surface area contributed by atoms with E-state index in [0.29, 0.717) is 6.04 Å². The lowest BCUT2D eigenvalue weighted by molar-refractivity contribution is 0.687. The Balaban J connectivity index is 1.73. The molecule has 1 N–H and O–H groups in total. The van der Waals surface area contributed by atoms with Crippen molar-refractivity contribution in [2.24, 2.45) is 0 Å². The van der Waals surface area contributed by atoms with Gasteiger partial charge in [0.15, 0.2) is 0 Å². The fraction of sp³-hybridized carbons (Fsp3) is 0.308. The summed E-state index contributed by atoms with van der Waals surface area (Å²) in [5, 5.41) is 7.72. The zero-order valence-electron chi connectivity index (χ0n) is 9.13. The van der Waals surface area contributed by atoms with Crippen molar-refractivity contribution >= 4 is 5.69 Å². The average Bonchev–Trinajstić information content (AvgIpc) is 2.94. The number of benzene rings is 1. The van der Waals surface area contributed by atoms with Crippen LogP contribution < -0.4 is 5.32 Å². The first-order valence-corrected chi connectivity index (χ1v) is 5.73. The maximum absolute atomic E-state index is 4.21. The minimum absolute atomic E-state index is 0.708. The van der Waals surface area contributed by atoms with Crippen LogP contribution in [0.15, 0.2) is 42.7 Å². The number of aromatic nitrogens is 2. The molecule has 1 fully saturated rings. The van der Waals surface area contributed by atoms with E-state index in [9.17, 15) is 0 Å². The van der Waals surface area contributed by atoms with Crippen molar-refractivity contribution in [1.82, 2.24) is 9.78 Å². The van der Waals surface area contributed by atoms with Crippen LogP contribution in [0.4, 0.5) is 5.69 Å². The van der Waals surface area contributed by atoms with Crippen molar-refractivity contribution in [1.29, 1.82) is 0 Å². The SMILES string of the molecule is c1cc(Cn2cccn2)cc(NC2CC2)c1. The van der Waals surface area contributed by atoms with Gasteiger partial charge in [0.25, 0.3) is 0 Å². The molecule has 3 nitrogen and oxygen atoms in total. The highest BCUT2D eigenvalue weighted by Crippen LogP contribution is 2.25. The highest BCUT2D eigenvalue weighted by Gasteiger charge is 2.20. The standard InChI is InChI=1S/C13H15N3/c1-3-11(10-16-8-2-7-14-16)9-13(4-1)15-12-5-6-12/h1-4,7-9,12,15H,5-6,10H2. The minimum atomic E-state index is 0.708. The van der Waals surface area contributed by atoms with Gasteiger partial charge in [-0.3, -0.25) is 4.68 Å². The largest absolute Gasteiger partial charge is 0.382 e. The van der Waals surface area contributed by atoms with Gasteiger partial charge in [0, 0.05) is 24.1 Å². The maximum Gasteiger partial charge on any atom is 0.0660 e. The molecule has 1 saturated carbocycles. The van der Waals surface area contributed by atoms with Crippen molar-refractivity contribution in [2.45, 2.75) is 25.4 Å². The normalized spacial score (nSPS) is 15.0. The molecular weight excluding hydrogens is 198 g/mol. The first-order valence-electron chi connectivity index (χ1n) is 5.73. The molecule has 16 heavy (non-hydrogen) atoms. The lowest BCUT2D eigenvalue weighted by Crippen LogP contribution is -2.03. The second kappa shape index (κ2) is 4.00. The molecule has 2 aromatic rings. The van der Waals surface area contributed by atoms with E-state index in [1.54, 1.807) is 0 Å².